The lowest BCUT2D eigenvalue weighted by molar-refractivity contribution is -0.156. The molecular formula is C23H21N5O3. The molecular weight excluding hydrogens is 394 g/mol. The summed E-state index contributed by atoms with van der Waals surface area (Å²) in [5.74, 6) is -1.00. The van der Waals surface area contributed by atoms with Gasteiger partial charge < -0.3 is 10.1 Å². The molecule has 0 spiro atoms. The molecule has 2 atom stereocenters. The van der Waals surface area contributed by atoms with Crippen LogP contribution in [-0.4, -0.2) is 38.2 Å². The molecule has 3 aromatic carbocycles. The molecule has 0 aliphatic rings. The van der Waals surface area contributed by atoms with Crippen molar-refractivity contribution in [1.29, 1.82) is 0 Å². The van der Waals surface area contributed by atoms with Crippen LogP contribution in [0.1, 0.15) is 18.5 Å². The van der Waals surface area contributed by atoms with E-state index in [2.05, 4.69) is 20.8 Å². The number of esters is 1. The molecule has 8 heteroatoms. The number of rotatable bonds is 7. The summed E-state index contributed by atoms with van der Waals surface area (Å²) in [7, 11) is 0. The monoisotopic (exact) mass is 415 g/mol. The van der Waals surface area contributed by atoms with Gasteiger partial charge in [0.15, 0.2) is 12.1 Å². The highest BCUT2D eigenvalue weighted by molar-refractivity contribution is 5.97. The number of carbonyl (C=O) groups is 2. The molecule has 1 amide bonds. The van der Waals surface area contributed by atoms with Crippen molar-refractivity contribution in [3.63, 3.8) is 0 Å². The van der Waals surface area contributed by atoms with Crippen LogP contribution in [0.5, 0.6) is 0 Å². The largest absolute Gasteiger partial charge is 0.451 e. The van der Waals surface area contributed by atoms with Crippen LogP contribution < -0.4 is 5.32 Å². The minimum absolute atomic E-state index is 0.337. The molecule has 1 heterocycles. The number of tetrazole rings is 1. The zero-order chi connectivity index (χ0) is 21.6. The molecule has 0 fully saturated rings. The molecule has 0 saturated heterocycles. The smallest absolute Gasteiger partial charge is 0.332 e. The van der Waals surface area contributed by atoms with Crippen LogP contribution in [0, 0.1) is 0 Å². The predicted molar refractivity (Wildman–Crippen MR) is 115 cm³/mol. The lowest BCUT2D eigenvalue weighted by Crippen LogP contribution is -2.34. The van der Waals surface area contributed by atoms with Gasteiger partial charge in [0.05, 0.1) is 0 Å². The lowest BCUT2D eigenvalue weighted by atomic mass is 10.1. The summed E-state index contributed by atoms with van der Waals surface area (Å²) in [4.78, 5) is 25.5. The third-order valence-corrected chi connectivity index (χ3v) is 4.91. The Kier molecular flexibility index (Phi) is 5.98. The minimum atomic E-state index is -0.992. The first-order chi connectivity index (χ1) is 15.1. The first kappa shape index (κ1) is 20.2. The summed E-state index contributed by atoms with van der Waals surface area (Å²) < 4.78 is 6.80. The molecule has 0 saturated carbocycles. The molecule has 4 aromatic rings. The van der Waals surface area contributed by atoms with E-state index in [0.29, 0.717) is 12.1 Å². The Morgan fingerprint density at radius 1 is 1.00 bits per heavy atom. The van der Waals surface area contributed by atoms with E-state index in [4.69, 9.17) is 4.74 Å². The van der Waals surface area contributed by atoms with Gasteiger partial charge in [0.1, 0.15) is 6.33 Å². The number of ether oxygens (including phenoxy) is 1. The van der Waals surface area contributed by atoms with E-state index in [1.165, 1.54) is 17.9 Å². The Hall–Kier alpha value is -4.07. The second kappa shape index (κ2) is 9.17. The van der Waals surface area contributed by atoms with Gasteiger partial charge in [-0.15, -0.1) is 5.10 Å². The lowest BCUT2D eigenvalue weighted by Gasteiger charge is -2.19. The average Bonchev–Trinajstić information content (AvgIpc) is 3.32. The van der Waals surface area contributed by atoms with Gasteiger partial charge in [-0.1, -0.05) is 60.7 Å². The van der Waals surface area contributed by atoms with E-state index in [0.717, 1.165) is 16.3 Å². The number of hydrogen-bond donors (Lipinski definition) is 1. The number of aromatic nitrogens is 4. The first-order valence-electron chi connectivity index (χ1n) is 9.87. The van der Waals surface area contributed by atoms with Crippen LogP contribution in [0.4, 0.5) is 5.69 Å². The Balaban J connectivity index is 1.44. The molecule has 0 unspecified atom stereocenters. The summed E-state index contributed by atoms with van der Waals surface area (Å²) in [6.45, 7) is 1.54. The maximum atomic E-state index is 12.9. The number of hydrogen-bond acceptors (Lipinski definition) is 6. The number of fused-ring (bicyclic) bond motifs is 1. The maximum Gasteiger partial charge on any atom is 0.332 e. The van der Waals surface area contributed by atoms with E-state index >= 15 is 0 Å². The van der Waals surface area contributed by atoms with Gasteiger partial charge in [0.2, 0.25) is 0 Å². The second-order valence-corrected chi connectivity index (χ2v) is 7.13. The normalized spacial score (nSPS) is 12.8. The van der Waals surface area contributed by atoms with E-state index in [1.54, 1.807) is 0 Å². The van der Waals surface area contributed by atoms with Crippen LogP contribution >= 0.6 is 0 Å². The highest BCUT2D eigenvalue weighted by Gasteiger charge is 2.28. The third-order valence-electron chi connectivity index (χ3n) is 4.91. The quantitative estimate of drug-likeness (QED) is 0.466. The number of anilines is 1. The summed E-state index contributed by atoms with van der Waals surface area (Å²) in [5, 5.41) is 15.9. The highest BCUT2D eigenvalue weighted by atomic mass is 16.5. The van der Waals surface area contributed by atoms with Gasteiger partial charge in [-0.3, -0.25) is 4.79 Å². The van der Waals surface area contributed by atoms with Crippen molar-refractivity contribution >= 4 is 28.3 Å². The topological polar surface area (TPSA) is 99.0 Å². The van der Waals surface area contributed by atoms with E-state index in [-0.39, 0.29) is 0 Å². The van der Waals surface area contributed by atoms with Crippen molar-refractivity contribution in [3.05, 3.63) is 84.7 Å². The molecule has 0 aliphatic carbocycles. The Morgan fingerprint density at radius 3 is 2.48 bits per heavy atom. The van der Waals surface area contributed by atoms with E-state index in [1.807, 2.05) is 72.8 Å². The summed E-state index contributed by atoms with van der Waals surface area (Å²) in [6.07, 6.45) is 0.701. The number of nitrogens with zero attached hydrogens (tertiary/aromatic N) is 4. The highest BCUT2D eigenvalue weighted by Crippen LogP contribution is 2.20. The van der Waals surface area contributed by atoms with E-state index in [9.17, 15) is 9.59 Å². The van der Waals surface area contributed by atoms with Crippen LogP contribution in [0.25, 0.3) is 10.8 Å². The van der Waals surface area contributed by atoms with Gasteiger partial charge in [-0.05, 0) is 45.8 Å². The minimum Gasteiger partial charge on any atom is -0.451 e. The Morgan fingerprint density at radius 2 is 1.74 bits per heavy atom. The molecule has 31 heavy (non-hydrogen) atoms. The van der Waals surface area contributed by atoms with Gasteiger partial charge >= 0.3 is 5.97 Å². The maximum absolute atomic E-state index is 12.9. The van der Waals surface area contributed by atoms with Crippen LogP contribution in [0.2, 0.25) is 0 Å². The molecule has 0 bridgehead atoms. The zero-order valence-corrected chi connectivity index (χ0v) is 16.9. The van der Waals surface area contributed by atoms with Gasteiger partial charge in [-0.25, -0.2) is 9.48 Å². The molecule has 8 nitrogen and oxygen atoms in total. The Bertz CT molecular complexity index is 1180. The van der Waals surface area contributed by atoms with Crippen molar-refractivity contribution in [2.45, 2.75) is 25.5 Å². The summed E-state index contributed by atoms with van der Waals surface area (Å²) in [5.41, 5.74) is 1.56. The van der Waals surface area contributed by atoms with Crippen LogP contribution in [0.15, 0.2) is 79.1 Å². The number of nitrogens with one attached hydrogen (secondary N) is 1. The van der Waals surface area contributed by atoms with Crippen molar-refractivity contribution in [2.75, 3.05) is 5.32 Å². The van der Waals surface area contributed by atoms with Crippen molar-refractivity contribution in [3.8, 4) is 0 Å². The van der Waals surface area contributed by atoms with Crippen molar-refractivity contribution in [2.24, 2.45) is 0 Å². The number of benzene rings is 3. The number of amides is 1. The molecule has 1 N–H and O–H groups in total. The molecule has 0 aliphatic heterocycles. The van der Waals surface area contributed by atoms with Crippen LogP contribution in [-0.2, 0) is 20.7 Å². The summed E-state index contributed by atoms with van der Waals surface area (Å²) >= 11 is 0. The van der Waals surface area contributed by atoms with Crippen molar-refractivity contribution < 1.29 is 14.3 Å². The standard InChI is InChI=1S/C23H21N5O3/c1-16(22(29)25-20-12-11-18-9-5-6-10-19(18)14-20)31-23(30)21(28-15-24-26-27-28)13-17-7-3-2-4-8-17/h2-12,14-16,21H,13H2,1H3,(H,25,29)/t16-,21-/m0/s1. The number of carbonyl (C=O) groups excluding carboxylic acids is 2. The molecule has 156 valence electrons. The Labute approximate surface area is 178 Å². The molecule has 4 rings (SSSR count). The van der Waals surface area contributed by atoms with Gasteiger partial charge in [-0.2, -0.15) is 0 Å². The van der Waals surface area contributed by atoms with Gasteiger partial charge in [0, 0.05) is 12.1 Å². The van der Waals surface area contributed by atoms with Crippen molar-refractivity contribution in [1.82, 2.24) is 20.2 Å². The SMILES string of the molecule is C[C@H](OC(=O)[C@H](Cc1ccccc1)n1cnnn1)C(=O)Nc1ccc2ccccc2c1. The second-order valence-electron chi connectivity index (χ2n) is 7.13. The van der Waals surface area contributed by atoms with Crippen LogP contribution in [0.3, 0.4) is 0 Å². The molecule has 0 radical (unpaired) electrons. The third kappa shape index (κ3) is 4.92. The zero-order valence-electron chi connectivity index (χ0n) is 16.9. The first-order valence-corrected chi connectivity index (χ1v) is 9.87. The predicted octanol–water partition coefficient (Wildman–Crippen LogP) is 3.18. The fourth-order valence-corrected chi connectivity index (χ4v) is 3.25. The van der Waals surface area contributed by atoms with E-state index < -0.39 is 24.0 Å². The molecule has 1 aromatic heterocycles. The average molecular weight is 415 g/mol. The van der Waals surface area contributed by atoms with Gasteiger partial charge in [0.25, 0.3) is 5.91 Å². The fraction of sp³-hybridized carbons (Fsp3) is 0.174. The summed E-state index contributed by atoms with van der Waals surface area (Å²) in [6, 6.07) is 22.2. The fourth-order valence-electron chi connectivity index (χ4n) is 3.25.